The molecule has 1 amide bonds. The Bertz CT molecular complexity index is 228. The Morgan fingerprint density at radius 1 is 1.53 bits per heavy atom. The average Bonchev–Trinajstić information content (AvgIpc) is 2.12. The van der Waals surface area contributed by atoms with Gasteiger partial charge >= 0.3 is 0 Å². The predicted molar refractivity (Wildman–Crippen MR) is 61.2 cm³/mol. The fourth-order valence-electron chi connectivity index (χ4n) is 2.20. The fourth-order valence-corrected chi connectivity index (χ4v) is 2.20. The van der Waals surface area contributed by atoms with Crippen molar-refractivity contribution in [2.75, 3.05) is 19.6 Å². The Labute approximate surface area is 92.0 Å². The molecule has 0 saturated carbocycles. The molecule has 4 N–H and O–H groups in total. The number of likely N-dealkylation sites (tertiary alicyclic amines) is 1. The Morgan fingerprint density at radius 3 is 2.73 bits per heavy atom. The highest BCUT2D eigenvalue weighted by Crippen LogP contribution is 2.28. The highest BCUT2D eigenvalue weighted by Gasteiger charge is 2.26. The molecule has 1 heterocycles. The van der Waals surface area contributed by atoms with E-state index >= 15 is 0 Å². The molecule has 0 aromatic heterocycles. The lowest BCUT2D eigenvalue weighted by Gasteiger charge is -2.38. The lowest BCUT2D eigenvalue weighted by molar-refractivity contribution is -0.119. The minimum Gasteiger partial charge on any atom is -0.368 e. The van der Waals surface area contributed by atoms with Crippen LogP contribution in [-0.2, 0) is 4.79 Å². The number of hydrogen-bond acceptors (Lipinski definition) is 3. The number of nitrogens with zero attached hydrogens (tertiary/aromatic N) is 1. The van der Waals surface area contributed by atoms with Crippen molar-refractivity contribution in [2.45, 2.75) is 39.2 Å². The Hall–Kier alpha value is -0.610. The summed E-state index contributed by atoms with van der Waals surface area (Å²) in [7, 11) is 0. The largest absolute Gasteiger partial charge is 0.368 e. The molecular weight excluding hydrogens is 190 g/mol. The van der Waals surface area contributed by atoms with Crippen molar-refractivity contribution in [3.8, 4) is 0 Å². The molecule has 0 aromatic rings. The van der Waals surface area contributed by atoms with E-state index < -0.39 is 11.9 Å². The highest BCUT2D eigenvalue weighted by molar-refractivity contribution is 5.79. The first-order chi connectivity index (χ1) is 6.91. The second kappa shape index (κ2) is 4.94. The quantitative estimate of drug-likeness (QED) is 0.706. The van der Waals surface area contributed by atoms with E-state index in [1.165, 1.54) is 12.8 Å². The van der Waals surface area contributed by atoms with Crippen LogP contribution >= 0.6 is 0 Å². The lowest BCUT2D eigenvalue weighted by atomic mass is 9.84. The summed E-state index contributed by atoms with van der Waals surface area (Å²) >= 11 is 0. The molecule has 15 heavy (non-hydrogen) atoms. The van der Waals surface area contributed by atoms with Gasteiger partial charge in [-0.3, -0.25) is 4.79 Å². The number of primary amides is 1. The fraction of sp³-hybridized carbons (Fsp3) is 0.909. The van der Waals surface area contributed by atoms with Gasteiger partial charge in [-0.15, -0.1) is 0 Å². The van der Waals surface area contributed by atoms with Gasteiger partial charge in [-0.05, 0) is 31.2 Å². The van der Waals surface area contributed by atoms with Crippen LogP contribution in [0.5, 0.6) is 0 Å². The van der Waals surface area contributed by atoms with Crippen LogP contribution in [0.4, 0.5) is 0 Å². The average molecular weight is 213 g/mol. The van der Waals surface area contributed by atoms with Gasteiger partial charge in [0.2, 0.25) is 5.91 Å². The van der Waals surface area contributed by atoms with Gasteiger partial charge in [0, 0.05) is 13.1 Å². The van der Waals surface area contributed by atoms with E-state index in [1.54, 1.807) is 0 Å². The molecule has 0 aliphatic carbocycles. The lowest BCUT2D eigenvalue weighted by Crippen LogP contribution is -2.44. The van der Waals surface area contributed by atoms with E-state index in [2.05, 4.69) is 18.7 Å². The molecule has 1 aliphatic rings. The van der Waals surface area contributed by atoms with Crippen LogP contribution in [0.25, 0.3) is 0 Å². The van der Waals surface area contributed by atoms with Crippen LogP contribution < -0.4 is 11.5 Å². The number of carbonyl (C=O) groups is 1. The van der Waals surface area contributed by atoms with Gasteiger partial charge in [-0.1, -0.05) is 13.8 Å². The number of nitrogens with two attached hydrogens (primary N) is 2. The van der Waals surface area contributed by atoms with E-state index in [0.29, 0.717) is 11.8 Å². The van der Waals surface area contributed by atoms with Crippen LogP contribution in [0.15, 0.2) is 0 Å². The molecule has 0 spiro atoms. The second-order valence-electron chi connectivity index (χ2n) is 5.34. The summed E-state index contributed by atoms with van der Waals surface area (Å²) in [6.45, 7) is 7.67. The van der Waals surface area contributed by atoms with Crippen molar-refractivity contribution < 1.29 is 4.79 Å². The highest BCUT2D eigenvalue weighted by atomic mass is 16.1. The number of rotatable bonds is 4. The van der Waals surface area contributed by atoms with E-state index in [-0.39, 0.29) is 0 Å². The number of hydrogen-bond donors (Lipinski definition) is 2. The van der Waals surface area contributed by atoms with Crippen molar-refractivity contribution in [2.24, 2.45) is 16.9 Å². The normalized spacial score (nSPS) is 23.7. The zero-order valence-electron chi connectivity index (χ0n) is 9.83. The van der Waals surface area contributed by atoms with Gasteiger partial charge in [0.25, 0.3) is 0 Å². The predicted octanol–water partition coefficient (Wildman–Crippen LogP) is 0.311. The monoisotopic (exact) mass is 213 g/mol. The molecule has 1 atom stereocenters. The van der Waals surface area contributed by atoms with Gasteiger partial charge in [0.1, 0.15) is 0 Å². The SMILES string of the molecule is CC1(C)CCCN(CCC(N)C(N)=O)C1. The molecule has 4 heteroatoms. The minimum absolute atomic E-state index is 0.397. The summed E-state index contributed by atoms with van der Waals surface area (Å²) in [5.41, 5.74) is 11.1. The van der Waals surface area contributed by atoms with Crippen molar-refractivity contribution in [1.29, 1.82) is 0 Å². The molecule has 1 aliphatic heterocycles. The maximum atomic E-state index is 10.8. The summed E-state index contributed by atoms with van der Waals surface area (Å²) in [5, 5.41) is 0. The number of piperidine rings is 1. The third kappa shape index (κ3) is 4.18. The second-order valence-corrected chi connectivity index (χ2v) is 5.34. The molecule has 88 valence electrons. The van der Waals surface area contributed by atoms with Crippen LogP contribution in [0.1, 0.15) is 33.1 Å². The summed E-state index contributed by atoms with van der Waals surface area (Å²) in [4.78, 5) is 13.2. The molecule has 0 bridgehead atoms. The first-order valence-corrected chi connectivity index (χ1v) is 5.68. The van der Waals surface area contributed by atoms with Crippen molar-refractivity contribution in [3.05, 3.63) is 0 Å². The van der Waals surface area contributed by atoms with E-state index in [1.807, 2.05) is 0 Å². The Morgan fingerprint density at radius 2 is 2.20 bits per heavy atom. The molecule has 0 radical (unpaired) electrons. The molecule has 1 fully saturated rings. The maximum Gasteiger partial charge on any atom is 0.234 e. The molecular formula is C11H23N3O. The molecule has 1 rings (SSSR count). The summed E-state index contributed by atoms with van der Waals surface area (Å²) in [5.74, 6) is -0.397. The first-order valence-electron chi connectivity index (χ1n) is 5.68. The Balaban J connectivity index is 2.30. The topological polar surface area (TPSA) is 72.3 Å². The number of amides is 1. The summed E-state index contributed by atoms with van der Waals surface area (Å²) < 4.78 is 0. The van der Waals surface area contributed by atoms with Gasteiger partial charge in [-0.2, -0.15) is 0 Å². The zero-order valence-corrected chi connectivity index (χ0v) is 9.83. The molecule has 1 unspecified atom stereocenters. The van der Waals surface area contributed by atoms with E-state index in [0.717, 1.165) is 19.6 Å². The van der Waals surface area contributed by atoms with Crippen LogP contribution in [0.2, 0.25) is 0 Å². The van der Waals surface area contributed by atoms with Crippen LogP contribution in [0, 0.1) is 5.41 Å². The smallest absolute Gasteiger partial charge is 0.234 e. The minimum atomic E-state index is -0.491. The van der Waals surface area contributed by atoms with Crippen LogP contribution in [-0.4, -0.2) is 36.5 Å². The third-order valence-electron chi connectivity index (χ3n) is 3.10. The van der Waals surface area contributed by atoms with Gasteiger partial charge < -0.3 is 16.4 Å². The van der Waals surface area contributed by atoms with Crippen molar-refractivity contribution >= 4 is 5.91 Å². The maximum absolute atomic E-state index is 10.8. The van der Waals surface area contributed by atoms with Gasteiger partial charge in [-0.25, -0.2) is 0 Å². The van der Waals surface area contributed by atoms with E-state index in [9.17, 15) is 4.79 Å². The Kier molecular flexibility index (Phi) is 4.11. The number of carbonyl (C=O) groups excluding carboxylic acids is 1. The van der Waals surface area contributed by atoms with Crippen molar-refractivity contribution in [1.82, 2.24) is 4.90 Å². The van der Waals surface area contributed by atoms with Crippen molar-refractivity contribution in [3.63, 3.8) is 0 Å². The molecule has 4 nitrogen and oxygen atoms in total. The zero-order chi connectivity index (χ0) is 11.5. The molecule has 0 aromatic carbocycles. The molecule has 1 saturated heterocycles. The summed E-state index contributed by atoms with van der Waals surface area (Å²) in [6, 6.07) is -0.491. The first kappa shape index (κ1) is 12.5. The van der Waals surface area contributed by atoms with Gasteiger partial charge in [0.05, 0.1) is 6.04 Å². The summed E-state index contributed by atoms with van der Waals surface area (Å²) in [6.07, 6.45) is 3.19. The van der Waals surface area contributed by atoms with Gasteiger partial charge in [0.15, 0.2) is 0 Å². The van der Waals surface area contributed by atoms with E-state index in [4.69, 9.17) is 11.5 Å². The standard InChI is InChI=1S/C11H23N3O/c1-11(2)5-3-6-14(8-11)7-4-9(12)10(13)15/h9H,3-8,12H2,1-2H3,(H2,13,15). The third-order valence-corrected chi connectivity index (χ3v) is 3.10. The van der Waals surface area contributed by atoms with Crippen LogP contribution in [0.3, 0.4) is 0 Å².